The minimum atomic E-state index is 0. The predicted molar refractivity (Wildman–Crippen MR) is 44.2 cm³/mol. The van der Waals surface area contributed by atoms with E-state index in [-0.39, 0.29) is 17.0 Å². The van der Waals surface area contributed by atoms with Crippen LogP contribution in [0.1, 0.15) is 13.8 Å². The fourth-order valence-corrected chi connectivity index (χ4v) is 0.587. The lowest BCUT2D eigenvalue weighted by molar-refractivity contribution is -0.108. The summed E-state index contributed by atoms with van der Waals surface area (Å²) in [5, 5.41) is 0. The standard InChI is InChI=1S/C6H13NO.BrH/c1-3-7(4-2)5-6-8;/h6H,3-5H2,1-2H3;1H. The Balaban J connectivity index is 0. The van der Waals surface area contributed by atoms with E-state index in [1.807, 2.05) is 13.8 Å². The molecule has 2 nitrogen and oxygen atoms in total. The summed E-state index contributed by atoms with van der Waals surface area (Å²) in [4.78, 5) is 12.0. The van der Waals surface area contributed by atoms with Crippen LogP contribution in [0.4, 0.5) is 0 Å². The van der Waals surface area contributed by atoms with Crippen molar-refractivity contribution in [1.82, 2.24) is 4.90 Å². The molecule has 0 saturated heterocycles. The number of likely N-dealkylation sites (N-methyl/N-ethyl adjacent to an activating group) is 1. The van der Waals surface area contributed by atoms with E-state index in [1.54, 1.807) is 0 Å². The van der Waals surface area contributed by atoms with Crippen molar-refractivity contribution in [3.8, 4) is 0 Å². The van der Waals surface area contributed by atoms with Gasteiger partial charge in [-0.15, -0.1) is 17.0 Å². The average Bonchev–Trinajstić information content (AvgIpc) is 1.83. The SMILES string of the molecule is Br.CCN(CC)CC=O. The van der Waals surface area contributed by atoms with E-state index in [1.165, 1.54) is 0 Å². The molecule has 0 heterocycles. The number of carbonyl (C=O) groups excluding carboxylic acids is 1. The highest BCUT2D eigenvalue weighted by molar-refractivity contribution is 8.93. The highest BCUT2D eigenvalue weighted by Crippen LogP contribution is 1.80. The molecule has 3 heteroatoms. The average molecular weight is 196 g/mol. The quantitative estimate of drug-likeness (QED) is 0.627. The van der Waals surface area contributed by atoms with Crippen molar-refractivity contribution in [3.63, 3.8) is 0 Å². The van der Waals surface area contributed by atoms with Crippen molar-refractivity contribution in [2.24, 2.45) is 0 Å². The van der Waals surface area contributed by atoms with Gasteiger partial charge in [0, 0.05) is 0 Å². The molecule has 0 bridgehead atoms. The fourth-order valence-electron chi connectivity index (χ4n) is 0.587. The molecule has 9 heavy (non-hydrogen) atoms. The monoisotopic (exact) mass is 195 g/mol. The van der Waals surface area contributed by atoms with Gasteiger partial charge in [-0.25, -0.2) is 0 Å². The maximum Gasteiger partial charge on any atom is 0.133 e. The summed E-state index contributed by atoms with van der Waals surface area (Å²) in [5.41, 5.74) is 0. The van der Waals surface area contributed by atoms with Gasteiger partial charge in [0.15, 0.2) is 0 Å². The third kappa shape index (κ3) is 5.99. The van der Waals surface area contributed by atoms with Crippen molar-refractivity contribution in [3.05, 3.63) is 0 Å². The van der Waals surface area contributed by atoms with Gasteiger partial charge in [-0.1, -0.05) is 13.8 Å². The molecule has 56 valence electrons. The fraction of sp³-hybridized carbons (Fsp3) is 0.833. The Bertz CT molecular complexity index is 64.1. The molecular formula is C6H14BrNO. The second kappa shape index (κ2) is 8.11. The number of hydrogen-bond donors (Lipinski definition) is 0. The van der Waals surface area contributed by atoms with E-state index < -0.39 is 0 Å². The van der Waals surface area contributed by atoms with Gasteiger partial charge in [0.2, 0.25) is 0 Å². The van der Waals surface area contributed by atoms with E-state index in [2.05, 4.69) is 4.90 Å². The minimum Gasteiger partial charge on any atom is -0.302 e. The van der Waals surface area contributed by atoms with Crippen LogP contribution in [0.5, 0.6) is 0 Å². The topological polar surface area (TPSA) is 20.3 Å². The smallest absolute Gasteiger partial charge is 0.133 e. The van der Waals surface area contributed by atoms with Gasteiger partial charge in [0.05, 0.1) is 6.54 Å². The molecule has 0 aromatic carbocycles. The molecule has 0 amide bonds. The van der Waals surface area contributed by atoms with Crippen molar-refractivity contribution in [1.29, 1.82) is 0 Å². The Morgan fingerprint density at radius 3 is 1.89 bits per heavy atom. The van der Waals surface area contributed by atoms with E-state index >= 15 is 0 Å². The minimum absolute atomic E-state index is 0. The summed E-state index contributed by atoms with van der Waals surface area (Å²) in [6, 6.07) is 0. The first-order chi connectivity index (χ1) is 3.85. The third-order valence-corrected chi connectivity index (χ3v) is 1.23. The molecule has 0 aromatic heterocycles. The number of hydrogen-bond acceptors (Lipinski definition) is 2. The summed E-state index contributed by atoms with van der Waals surface area (Å²) in [6.07, 6.45) is 0.938. The van der Waals surface area contributed by atoms with Crippen LogP contribution in [-0.2, 0) is 4.79 Å². The summed E-state index contributed by atoms with van der Waals surface area (Å²) in [7, 11) is 0. The third-order valence-electron chi connectivity index (χ3n) is 1.23. The van der Waals surface area contributed by atoms with Crippen LogP contribution in [0.2, 0.25) is 0 Å². The van der Waals surface area contributed by atoms with Gasteiger partial charge in [0.1, 0.15) is 6.29 Å². The first kappa shape index (κ1) is 11.9. The number of halogens is 1. The number of nitrogens with zero attached hydrogens (tertiary/aromatic N) is 1. The molecule has 0 aliphatic heterocycles. The van der Waals surface area contributed by atoms with E-state index in [0.29, 0.717) is 6.54 Å². The highest BCUT2D eigenvalue weighted by atomic mass is 79.9. The van der Waals surface area contributed by atoms with Crippen molar-refractivity contribution in [2.45, 2.75) is 13.8 Å². The predicted octanol–water partition coefficient (Wildman–Crippen LogP) is 1.10. The molecule has 0 rings (SSSR count). The van der Waals surface area contributed by atoms with Gasteiger partial charge in [0.25, 0.3) is 0 Å². The zero-order valence-electron chi connectivity index (χ0n) is 5.96. The molecule has 0 spiro atoms. The lowest BCUT2D eigenvalue weighted by Gasteiger charge is -2.12. The van der Waals surface area contributed by atoms with Crippen LogP contribution in [0.25, 0.3) is 0 Å². The number of rotatable bonds is 4. The Morgan fingerprint density at radius 2 is 1.78 bits per heavy atom. The van der Waals surface area contributed by atoms with Crippen LogP contribution in [-0.4, -0.2) is 30.8 Å². The van der Waals surface area contributed by atoms with Crippen LogP contribution < -0.4 is 0 Å². The molecule has 0 N–H and O–H groups in total. The maximum absolute atomic E-state index is 9.89. The highest BCUT2D eigenvalue weighted by Gasteiger charge is 1.93. The maximum atomic E-state index is 9.89. The van der Waals surface area contributed by atoms with Crippen LogP contribution in [0.15, 0.2) is 0 Å². The molecular weight excluding hydrogens is 182 g/mol. The van der Waals surface area contributed by atoms with Gasteiger partial charge in [-0.3, -0.25) is 4.90 Å². The van der Waals surface area contributed by atoms with Gasteiger partial charge < -0.3 is 4.79 Å². The van der Waals surface area contributed by atoms with E-state index in [4.69, 9.17) is 0 Å². The van der Waals surface area contributed by atoms with Crippen LogP contribution in [0.3, 0.4) is 0 Å². The summed E-state index contributed by atoms with van der Waals surface area (Å²) in [5.74, 6) is 0. The number of aldehydes is 1. The Labute approximate surface area is 67.0 Å². The molecule has 0 aromatic rings. The van der Waals surface area contributed by atoms with Gasteiger partial charge >= 0.3 is 0 Å². The number of carbonyl (C=O) groups is 1. The lowest BCUT2D eigenvalue weighted by Crippen LogP contribution is -2.24. The largest absolute Gasteiger partial charge is 0.302 e. The van der Waals surface area contributed by atoms with E-state index in [0.717, 1.165) is 19.4 Å². The summed E-state index contributed by atoms with van der Waals surface area (Å²) < 4.78 is 0. The summed E-state index contributed by atoms with van der Waals surface area (Å²) >= 11 is 0. The first-order valence-corrected chi connectivity index (χ1v) is 3.01. The van der Waals surface area contributed by atoms with E-state index in [9.17, 15) is 4.79 Å². The molecule has 0 radical (unpaired) electrons. The molecule has 0 aliphatic rings. The molecule has 0 atom stereocenters. The van der Waals surface area contributed by atoms with Gasteiger partial charge in [-0.05, 0) is 13.1 Å². The van der Waals surface area contributed by atoms with Crippen molar-refractivity contribution < 1.29 is 4.79 Å². The molecule has 0 saturated carbocycles. The first-order valence-electron chi connectivity index (χ1n) is 3.01. The van der Waals surface area contributed by atoms with Crippen LogP contribution in [0, 0.1) is 0 Å². The second-order valence-corrected chi connectivity index (χ2v) is 1.65. The van der Waals surface area contributed by atoms with Crippen molar-refractivity contribution >= 4 is 23.3 Å². The molecule has 0 fully saturated rings. The Kier molecular flexibility index (Phi) is 10.7. The van der Waals surface area contributed by atoms with Crippen LogP contribution >= 0.6 is 17.0 Å². The molecule has 0 aliphatic carbocycles. The Morgan fingerprint density at radius 1 is 1.33 bits per heavy atom. The van der Waals surface area contributed by atoms with Crippen molar-refractivity contribution in [2.75, 3.05) is 19.6 Å². The normalized spacial score (nSPS) is 8.78. The van der Waals surface area contributed by atoms with Gasteiger partial charge in [-0.2, -0.15) is 0 Å². The zero-order valence-corrected chi connectivity index (χ0v) is 7.68. The Hall–Kier alpha value is 0.110. The lowest BCUT2D eigenvalue weighted by atomic mass is 10.5. The zero-order chi connectivity index (χ0) is 6.41. The summed E-state index contributed by atoms with van der Waals surface area (Å²) in [6.45, 7) is 6.61. The second-order valence-electron chi connectivity index (χ2n) is 1.65. The molecule has 0 unspecified atom stereocenters.